The first-order valence-corrected chi connectivity index (χ1v) is 8.50. The highest BCUT2D eigenvalue weighted by molar-refractivity contribution is 5.81. The predicted octanol–water partition coefficient (Wildman–Crippen LogP) is 0.767. The molecule has 3 aliphatic heterocycles. The molecule has 2 fully saturated rings. The van der Waals surface area contributed by atoms with Crippen LogP contribution in [0.3, 0.4) is 0 Å². The highest BCUT2D eigenvalue weighted by Gasteiger charge is 2.40. The summed E-state index contributed by atoms with van der Waals surface area (Å²) in [6.07, 6.45) is 2.58. The van der Waals surface area contributed by atoms with Crippen LogP contribution in [0, 0.1) is 6.92 Å². The lowest BCUT2D eigenvalue weighted by Gasteiger charge is -2.38. The second-order valence-corrected chi connectivity index (χ2v) is 6.63. The van der Waals surface area contributed by atoms with E-state index in [4.69, 9.17) is 9.47 Å². The Balaban J connectivity index is 1.37. The number of amides is 1. The maximum Gasteiger partial charge on any atom is 0.242 e. The Morgan fingerprint density at radius 2 is 1.96 bits per heavy atom. The van der Waals surface area contributed by atoms with Gasteiger partial charge in [0.15, 0.2) is 5.79 Å². The molecule has 0 aromatic carbocycles. The number of ether oxygens (including phenoxy) is 2. The molecule has 1 amide bonds. The van der Waals surface area contributed by atoms with E-state index in [1.54, 1.807) is 0 Å². The van der Waals surface area contributed by atoms with Crippen LogP contribution in [0.4, 0.5) is 5.82 Å². The summed E-state index contributed by atoms with van der Waals surface area (Å²) < 4.78 is 13.5. The number of piperidine rings is 1. The highest BCUT2D eigenvalue weighted by atomic mass is 16.7. The van der Waals surface area contributed by atoms with Crippen LogP contribution in [-0.2, 0) is 20.8 Å². The Morgan fingerprint density at radius 3 is 2.70 bits per heavy atom. The fourth-order valence-corrected chi connectivity index (χ4v) is 3.78. The second-order valence-electron chi connectivity index (χ2n) is 6.63. The van der Waals surface area contributed by atoms with Gasteiger partial charge in [0, 0.05) is 45.1 Å². The number of rotatable bonds is 2. The number of nitrogens with zero attached hydrogens (tertiary/aromatic N) is 4. The molecular weight excluding hydrogens is 296 g/mol. The van der Waals surface area contributed by atoms with Crippen LogP contribution < -0.4 is 4.90 Å². The molecule has 4 heterocycles. The minimum Gasteiger partial charge on any atom is -0.347 e. The zero-order valence-corrected chi connectivity index (χ0v) is 13.7. The summed E-state index contributed by atoms with van der Waals surface area (Å²) in [5.41, 5.74) is 1.01. The van der Waals surface area contributed by atoms with E-state index in [9.17, 15) is 4.79 Å². The lowest BCUT2D eigenvalue weighted by atomic mass is 10.0. The van der Waals surface area contributed by atoms with Gasteiger partial charge in [0.2, 0.25) is 5.91 Å². The van der Waals surface area contributed by atoms with Gasteiger partial charge in [0.1, 0.15) is 5.82 Å². The van der Waals surface area contributed by atoms with E-state index >= 15 is 0 Å². The van der Waals surface area contributed by atoms with Crippen molar-refractivity contribution in [3.8, 4) is 0 Å². The summed E-state index contributed by atoms with van der Waals surface area (Å²) in [5.74, 6) is 0.834. The van der Waals surface area contributed by atoms with Crippen LogP contribution in [0.25, 0.3) is 0 Å². The normalized spacial score (nSPS) is 23.3. The van der Waals surface area contributed by atoms with E-state index < -0.39 is 5.79 Å². The second kappa shape index (κ2) is 5.79. The largest absolute Gasteiger partial charge is 0.347 e. The summed E-state index contributed by atoms with van der Waals surface area (Å²) >= 11 is 0. The first kappa shape index (κ1) is 15.0. The van der Waals surface area contributed by atoms with Gasteiger partial charge >= 0.3 is 0 Å². The van der Waals surface area contributed by atoms with E-state index in [0.29, 0.717) is 32.8 Å². The molecule has 4 rings (SSSR count). The van der Waals surface area contributed by atoms with E-state index in [1.807, 2.05) is 16.5 Å². The standard InChI is InChI=1S/C16H24N4O3/c1-13-11-14-19(5-2-6-20(14)17-13)12-15(21)18-7-3-16(4-8-18)22-9-10-23-16/h11H,2-10,12H2,1H3. The van der Waals surface area contributed by atoms with Crippen molar-refractivity contribution in [3.05, 3.63) is 11.8 Å². The number of hydrogen-bond donors (Lipinski definition) is 0. The van der Waals surface area contributed by atoms with Gasteiger partial charge in [0.25, 0.3) is 0 Å². The fourth-order valence-electron chi connectivity index (χ4n) is 3.78. The number of fused-ring (bicyclic) bond motifs is 1. The van der Waals surface area contributed by atoms with Crippen LogP contribution in [0.2, 0.25) is 0 Å². The molecule has 126 valence electrons. The fraction of sp³-hybridized carbons (Fsp3) is 0.750. The minimum absolute atomic E-state index is 0.185. The van der Waals surface area contributed by atoms with Gasteiger partial charge in [-0.3, -0.25) is 4.79 Å². The van der Waals surface area contributed by atoms with Crippen LogP contribution in [0.5, 0.6) is 0 Å². The third-order valence-corrected chi connectivity index (χ3v) is 5.02. The zero-order chi connectivity index (χ0) is 15.9. The van der Waals surface area contributed by atoms with Crippen molar-refractivity contribution < 1.29 is 14.3 Å². The summed E-state index contributed by atoms with van der Waals surface area (Å²) in [7, 11) is 0. The molecule has 0 unspecified atom stereocenters. The molecule has 1 aromatic rings. The molecule has 7 heteroatoms. The molecule has 2 saturated heterocycles. The van der Waals surface area contributed by atoms with Gasteiger partial charge in [-0.2, -0.15) is 5.10 Å². The third kappa shape index (κ3) is 2.83. The van der Waals surface area contributed by atoms with Crippen molar-refractivity contribution in [3.63, 3.8) is 0 Å². The van der Waals surface area contributed by atoms with Crippen molar-refractivity contribution in [2.75, 3.05) is 44.3 Å². The van der Waals surface area contributed by atoms with Crippen LogP contribution >= 0.6 is 0 Å². The highest BCUT2D eigenvalue weighted by Crippen LogP contribution is 2.31. The summed E-state index contributed by atoms with van der Waals surface area (Å²) in [5, 5.41) is 4.49. The Labute approximate surface area is 136 Å². The minimum atomic E-state index is -0.419. The molecular formula is C16H24N4O3. The third-order valence-electron chi connectivity index (χ3n) is 5.02. The van der Waals surface area contributed by atoms with E-state index in [2.05, 4.69) is 16.1 Å². The van der Waals surface area contributed by atoms with Crippen molar-refractivity contribution in [1.29, 1.82) is 0 Å². The predicted molar refractivity (Wildman–Crippen MR) is 84.2 cm³/mol. The average molecular weight is 320 g/mol. The van der Waals surface area contributed by atoms with Crippen molar-refractivity contribution in [2.45, 2.75) is 38.5 Å². The number of aryl methyl sites for hydroxylation is 2. The van der Waals surface area contributed by atoms with E-state index in [0.717, 1.165) is 43.9 Å². The first-order valence-electron chi connectivity index (χ1n) is 8.50. The average Bonchev–Trinajstić information content (AvgIpc) is 3.15. The Kier molecular flexibility index (Phi) is 3.77. The number of aromatic nitrogens is 2. The number of likely N-dealkylation sites (tertiary alicyclic amines) is 1. The van der Waals surface area contributed by atoms with Gasteiger partial charge in [-0.15, -0.1) is 0 Å². The Bertz CT molecular complexity index is 584. The number of hydrogen-bond acceptors (Lipinski definition) is 5. The summed E-state index contributed by atoms with van der Waals surface area (Å²) in [6, 6.07) is 2.07. The molecule has 0 aliphatic carbocycles. The molecule has 0 N–H and O–H groups in total. The van der Waals surface area contributed by atoms with Crippen molar-refractivity contribution in [2.24, 2.45) is 0 Å². The molecule has 1 spiro atoms. The van der Waals surface area contributed by atoms with Gasteiger partial charge in [-0.25, -0.2) is 4.68 Å². The molecule has 1 aromatic heterocycles. The maximum atomic E-state index is 12.7. The number of carbonyl (C=O) groups is 1. The first-order chi connectivity index (χ1) is 11.2. The lowest BCUT2D eigenvalue weighted by molar-refractivity contribution is -0.187. The van der Waals surface area contributed by atoms with E-state index in [-0.39, 0.29) is 5.91 Å². The van der Waals surface area contributed by atoms with Gasteiger partial charge in [0.05, 0.1) is 25.5 Å². The van der Waals surface area contributed by atoms with Gasteiger partial charge < -0.3 is 19.3 Å². The lowest BCUT2D eigenvalue weighted by Crippen LogP contribution is -2.50. The zero-order valence-electron chi connectivity index (χ0n) is 13.7. The topological polar surface area (TPSA) is 59.8 Å². The summed E-state index contributed by atoms with van der Waals surface area (Å²) in [4.78, 5) is 16.8. The Hall–Kier alpha value is -1.60. The quantitative estimate of drug-likeness (QED) is 0.805. The van der Waals surface area contributed by atoms with E-state index in [1.165, 1.54) is 0 Å². The summed E-state index contributed by atoms with van der Waals surface area (Å²) in [6.45, 7) is 7.05. The number of carbonyl (C=O) groups excluding carboxylic acids is 1. The van der Waals surface area contributed by atoms with Gasteiger partial charge in [-0.05, 0) is 13.3 Å². The van der Waals surface area contributed by atoms with Crippen molar-refractivity contribution >= 4 is 11.7 Å². The molecule has 0 saturated carbocycles. The Morgan fingerprint density at radius 1 is 1.22 bits per heavy atom. The molecule has 23 heavy (non-hydrogen) atoms. The monoisotopic (exact) mass is 320 g/mol. The molecule has 0 bridgehead atoms. The molecule has 7 nitrogen and oxygen atoms in total. The number of anilines is 1. The molecule has 0 radical (unpaired) electrons. The van der Waals surface area contributed by atoms with Crippen LogP contribution in [-0.4, -0.2) is 65.8 Å². The van der Waals surface area contributed by atoms with Crippen LogP contribution in [0.15, 0.2) is 6.07 Å². The molecule has 0 atom stereocenters. The van der Waals surface area contributed by atoms with Crippen LogP contribution in [0.1, 0.15) is 25.0 Å². The van der Waals surface area contributed by atoms with Gasteiger partial charge in [-0.1, -0.05) is 0 Å². The molecule has 3 aliphatic rings. The maximum absolute atomic E-state index is 12.7. The SMILES string of the molecule is Cc1cc2n(n1)CCCN2CC(=O)N1CCC2(CC1)OCCO2. The van der Waals surface area contributed by atoms with Crippen molar-refractivity contribution in [1.82, 2.24) is 14.7 Å². The smallest absolute Gasteiger partial charge is 0.242 e.